The second kappa shape index (κ2) is 2.72. The van der Waals surface area contributed by atoms with Crippen LogP contribution in [-0.4, -0.2) is 20.8 Å². The van der Waals surface area contributed by atoms with Gasteiger partial charge in [-0.15, -0.1) is 0 Å². The third kappa shape index (κ3) is 1.07. The minimum Gasteiger partial charge on any atom is -0.358 e. The molecule has 6 heteroatoms. The lowest BCUT2D eigenvalue weighted by Gasteiger charge is -1.92. The Morgan fingerprint density at radius 2 is 2.25 bits per heavy atom. The molecular weight excluding hydrogens is 162 g/mol. The molecular formula is C6H7N3O3. The zero-order valence-corrected chi connectivity index (χ0v) is 6.64. The number of carbonyl (C=O) groups excluding carboxylic acids is 1. The molecule has 0 spiro atoms. The van der Waals surface area contributed by atoms with E-state index in [1.165, 1.54) is 11.5 Å². The summed E-state index contributed by atoms with van der Waals surface area (Å²) in [5.41, 5.74) is 0.377. The van der Waals surface area contributed by atoms with Crippen molar-refractivity contribution in [1.29, 1.82) is 0 Å². The molecule has 0 saturated carbocycles. The van der Waals surface area contributed by atoms with Crippen LogP contribution in [0.1, 0.15) is 16.3 Å². The zero-order chi connectivity index (χ0) is 9.30. The number of imidazole rings is 1. The Hall–Kier alpha value is -1.72. The second-order valence-corrected chi connectivity index (χ2v) is 2.31. The normalized spacial score (nSPS) is 9.83. The van der Waals surface area contributed by atoms with Crippen molar-refractivity contribution in [2.45, 2.75) is 6.92 Å². The number of nitro groups is 1. The summed E-state index contributed by atoms with van der Waals surface area (Å²) in [5, 5.41) is 10.3. The van der Waals surface area contributed by atoms with Crippen molar-refractivity contribution < 1.29 is 9.72 Å². The van der Waals surface area contributed by atoms with Crippen LogP contribution < -0.4 is 0 Å². The molecule has 0 saturated heterocycles. The molecule has 1 heterocycles. The van der Waals surface area contributed by atoms with Gasteiger partial charge in [0.05, 0.1) is 0 Å². The van der Waals surface area contributed by atoms with Crippen molar-refractivity contribution in [3.8, 4) is 0 Å². The van der Waals surface area contributed by atoms with Gasteiger partial charge >= 0.3 is 5.82 Å². The Balaban J connectivity index is 3.34. The minimum absolute atomic E-state index is 0.0687. The Morgan fingerprint density at radius 1 is 1.67 bits per heavy atom. The molecule has 12 heavy (non-hydrogen) atoms. The van der Waals surface area contributed by atoms with E-state index in [2.05, 4.69) is 4.98 Å². The number of carbonyl (C=O) groups is 1. The summed E-state index contributed by atoms with van der Waals surface area (Å²) < 4.78 is 1.38. The van der Waals surface area contributed by atoms with Crippen LogP contribution in [0.15, 0.2) is 0 Å². The third-order valence-corrected chi connectivity index (χ3v) is 1.67. The Kier molecular flexibility index (Phi) is 1.90. The van der Waals surface area contributed by atoms with Gasteiger partial charge in [-0.2, -0.15) is 0 Å². The molecule has 1 aromatic rings. The molecule has 0 aromatic carbocycles. The van der Waals surface area contributed by atoms with Gasteiger partial charge in [-0.25, -0.2) is 0 Å². The van der Waals surface area contributed by atoms with E-state index >= 15 is 0 Å². The molecule has 6 nitrogen and oxygen atoms in total. The average Bonchev–Trinajstić information content (AvgIpc) is 2.30. The van der Waals surface area contributed by atoms with Crippen LogP contribution in [0.4, 0.5) is 5.82 Å². The predicted molar refractivity (Wildman–Crippen MR) is 40.0 cm³/mol. The summed E-state index contributed by atoms with van der Waals surface area (Å²) in [6, 6.07) is 0. The highest BCUT2D eigenvalue weighted by Crippen LogP contribution is 2.15. The van der Waals surface area contributed by atoms with E-state index in [1.54, 1.807) is 7.05 Å². The molecule has 0 fully saturated rings. The van der Waals surface area contributed by atoms with E-state index in [4.69, 9.17) is 0 Å². The van der Waals surface area contributed by atoms with Crippen molar-refractivity contribution in [2.24, 2.45) is 7.05 Å². The van der Waals surface area contributed by atoms with E-state index in [1.807, 2.05) is 0 Å². The first-order valence-corrected chi connectivity index (χ1v) is 3.20. The lowest BCUT2D eigenvalue weighted by atomic mass is 10.5. The van der Waals surface area contributed by atoms with Gasteiger partial charge in [0.25, 0.3) is 5.82 Å². The molecule has 0 unspecified atom stereocenters. The van der Waals surface area contributed by atoms with Gasteiger partial charge in [-0.1, -0.05) is 0 Å². The van der Waals surface area contributed by atoms with Gasteiger partial charge in [0.15, 0.2) is 0 Å². The van der Waals surface area contributed by atoms with Gasteiger partial charge in [0, 0.05) is 7.05 Å². The van der Waals surface area contributed by atoms with E-state index in [0.29, 0.717) is 12.0 Å². The van der Waals surface area contributed by atoms with Crippen LogP contribution in [0.25, 0.3) is 0 Å². The summed E-state index contributed by atoms with van der Waals surface area (Å²) in [6.45, 7) is 1.54. The third-order valence-electron chi connectivity index (χ3n) is 1.67. The predicted octanol–water partition coefficient (Wildman–Crippen LogP) is 0.449. The van der Waals surface area contributed by atoms with E-state index in [9.17, 15) is 14.9 Å². The Morgan fingerprint density at radius 3 is 2.50 bits per heavy atom. The van der Waals surface area contributed by atoms with Crippen LogP contribution in [0.2, 0.25) is 0 Å². The molecule has 0 aliphatic heterocycles. The highest BCUT2D eigenvalue weighted by molar-refractivity contribution is 5.70. The molecule has 0 radical (unpaired) electrons. The van der Waals surface area contributed by atoms with Gasteiger partial charge in [0.1, 0.15) is 5.69 Å². The molecule has 64 valence electrons. The summed E-state index contributed by atoms with van der Waals surface area (Å²) in [6.07, 6.45) is 0.486. The molecule has 0 aliphatic carbocycles. The van der Waals surface area contributed by atoms with Gasteiger partial charge in [-0.05, 0) is 16.8 Å². The Bertz CT molecular complexity index is 342. The quantitative estimate of drug-likeness (QED) is 0.365. The highest BCUT2D eigenvalue weighted by Gasteiger charge is 2.21. The van der Waals surface area contributed by atoms with E-state index in [-0.39, 0.29) is 11.6 Å². The van der Waals surface area contributed by atoms with Crippen molar-refractivity contribution in [3.05, 3.63) is 21.6 Å². The van der Waals surface area contributed by atoms with Crippen LogP contribution in [0.3, 0.4) is 0 Å². The Labute approximate surface area is 68.0 Å². The van der Waals surface area contributed by atoms with Crippen LogP contribution in [0.5, 0.6) is 0 Å². The maximum atomic E-state index is 10.3. The topological polar surface area (TPSA) is 78.0 Å². The molecule has 0 atom stereocenters. The standard InChI is InChI=1S/C6H7N3O3/c1-4-6(9(11)12)7-5(3-10)8(4)2/h3H,1-2H3. The van der Waals surface area contributed by atoms with Crippen LogP contribution in [0, 0.1) is 17.0 Å². The van der Waals surface area contributed by atoms with Crippen molar-refractivity contribution in [2.75, 3.05) is 0 Å². The number of hydrogen-bond acceptors (Lipinski definition) is 4. The average molecular weight is 169 g/mol. The number of aldehydes is 1. The fraction of sp³-hybridized carbons (Fsp3) is 0.333. The molecule has 1 rings (SSSR count). The molecule has 0 N–H and O–H groups in total. The summed E-state index contributed by atoms with van der Waals surface area (Å²) >= 11 is 0. The fourth-order valence-electron chi connectivity index (χ4n) is 0.865. The van der Waals surface area contributed by atoms with E-state index in [0.717, 1.165) is 0 Å². The fourth-order valence-corrected chi connectivity index (χ4v) is 0.865. The van der Waals surface area contributed by atoms with Crippen molar-refractivity contribution in [3.63, 3.8) is 0 Å². The van der Waals surface area contributed by atoms with Crippen LogP contribution in [-0.2, 0) is 7.05 Å². The van der Waals surface area contributed by atoms with Crippen molar-refractivity contribution in [1.82, 2.24) is 9.55 Å². The first-order valence-electron chi connectivity index (χ1n) is 3.20. The largest absolute Gasteiger partial charge is 0.385 e. The number of hydrogen-bond donors (Lipinski definition) is 0. The van der Waals surface area contributed by atoms with Gasteiger partial charge in [0.2, 0.25) is 6.29 Å². The first kappa shape index (κ1) is 8.38. The van der Waals surface area contributed by atoms with E-state index < -0.39 is 4.92 Å². The smallest absolute Gasteiger partial charge is 0.358 e. The lowest BCUT2D eigenvalue weighted by Crippen LogP contribution is -1.97. The highest BCUT2D eigenvalue weighted by atomic mass is 16.6. The first-order chi connectivity index (χ1) is 5.57. The van der Waals surface area contributed by atoms with Crippen LogP contribution >= 0.6 is 0 Å². The molecule has 1 aromatic heterocycles. The van der Waals surface area contributed by atoms with Gasteiger partial charge < -0.3 is 14.7 Å². The van der Waals surface area contributed by atoms with Crippen molar-refractivity contribution >= 4 is 12.1 Å². The SMILES string of the molecule is Cc1c([N+](=O)[O-])nc(C=O)n1C. The monoisotopic (exact) mass is 169 g/mol. The number of aromatic nitrogens is 2. The number of nitrogens with zero attached hydrogens (tertiary/aromatic N) is 3. The molecule has 0 amide bonds. The molecule has 0 aliphatic rings. The summed E-state index contributed by atoms with van der Waals surface area (Å²) in [5.74, 6) is -0.196. The lowest BCUT2D eigenvalue weighted by molar-refractivity contribution is -0.389. The maximum absolute atomic E-state index is 10.3. The second-order valence-electron chi connectivity index (χ2n) is 2.31. The van der Waals surface area contributed by atoms with Gasteiger partial charge in [-0.3, -0.25) is 4.79 Å². The number of rotatable bonds is 2. The summed E-state index contributed by atoms with van der Waals surface area (Å²) in [7, 11) is 1.55. The zero-order valence-electron chi connectivity index (χ0n) is 6.64. The summed E-state index contributed by atoms with van der Waals surface area (Å²) in [4.78, 5) is 23.5. The maximum Gasteiger partial charge on any atom is 0.385 e. The molecule has 0 bridgehead atoms. The minimum atomic E-state index is -0.609.